The fraction of sp³-hybridized carbons (Fsp3) is 0.778. The lowest BCUT2D eigenvalue weighted by Gasteiger charge is -2.18. The topological polar surface area (TPSA) is 18.5 Å². The van der Waals surface area contributed by atoms with Crippen molar-refractivity contribution in [3.05, 3.63) is 12.1 Å². The van der Waals surface area contributed by atoms with Crippen LogP contribution in [0.1, 0.15) is 27.2 Å². The van der Waals surface area contributed by atoms with Gasteiger partial charge in [0.2, 0.25) is 0 Å². The first kappa shape index (κ1) is 9.81. The smallest absolute Gasteiger partial charge is 0.408 e. The quantitative estimate of drug-likeness (QED) is 0.558. The SMILES string of the molecule is CC(C)(C)/C=C\B1OCCCO1. The second kappa shape index (κ2) is 4.10. The third-order valence-corrected chi connectivity index (χ3v) is 1.61. The van der Waals surface area contributed by atoms with E-state index in [2.05, 4.69) is 26.8 Å². The van der Waals surface area contributed by atoms with Gasteiger partial charge in [-0.3, -0.25) is 0 Å². The molecule has 2 nitrogen and oxygen atoms in total. The number of hydrogen-bond acceptors (Lipinski definition) is 2. The summed E-state index contributed by atoms with van der Waals surface area (Å²) in [5, 5.41) is 0. The summed E-state index contributed by atoms with van der Waals surface area (Å²) in [5.74, 6) is 2.00. The van der Waals surface area contributed by atoms with Crippen LogP contribution < -0.4 is 0 Å². The van der Waals surface area contributed by atoms with Crippen molar-refractivity contribution in [2.75, 3.05) is 13.2 Å². The predicted molar refractivity (Wildman–Crippen MR) is 50.9 cm³/mol. The minimum atomic E-state index is -0.113. The lowest BCUT2D eigenvalue weighted by Crippen LogP contribution is -2.28. The molecule has 0 unspecified atom stereocenters. The Kier molecular flexibility index (Phi) is 3.35. The van der Waals surface area contributed by atoms with Gasteiger partial charge in [0.1, 0.15) is 0 Å². The molecule has 3 heteroatoms. The summed E-state index contributed by atoms with van der Waals surface area (Å²) in [6, 6.07) is 0. The van der Waals surface area contributed by atoms with Gasteiger partial charge in [0, 0.05) is 13.2 Å². The third-order valence-electron chi connectivity index (χ3n) is 1.61. The monoisotopic (exact) mass is 168 g/mol. The second-order valence-electron chi connectivity index (χ2n) is 4.19. The Morgan fingerprint density at radius 1 is 1.17 bits per heavy atom. The maximum absolute atomic E-state index is 5.36. The molecule has 0 atom stereocenters. The van der Waals surface area contributed by atoms with E-state index in [0.29, 0.717) is 0 Å². The van der Waals surface area contributed by atoms with Crippen molar-refractivity contribution in [3.63, 3.8) is 0 Å². The van der Waals surface area contributed by atoms with Crippen LogP contribution in [0.3, 0.4) is 0 Å². The minimum Gasteiger partial charge on any atom is -0.408 e. The maximum Gasteiger partial charge on any atom is 0.485 e. The van der Waals surface area contributed by atoms with Gasteiger partial charge >= 0.3 is 7.12 Å². The summed E-state index contributed by atoms with van der Waals surface area (Å²) >= 11 is 0. The summed E-state index contributed by atoms with van der Waals surface area (Å²) < 4.78 is 10.7. The summed E-state index contributed by atoms with van der Waals surface area (Å²) in [5.41, 5.74) is 0.212. The van der Waals surface area contributed by atoms with Crippen molar-refractivity contribution in [2.24, 2.45) is 5.41 Å². The molecule has 0 aromatic heterocycles. The van der Waals surface area contributed by atoms with E-state index >= 15 is 0 Å². The Balaban J connectivity index is 2.33. The lowest BCUT2D eigenvalue weighted by atomic mass is 9.83. The van der Waals surface area contributed by atoms with Crippen LogP contribution in [0.2, 0.25) is 0 Å². The highest BCUT2D eigenvalue weighted by Crippen LogP contribution is 2.15. The zero-order valence-corrected chi connectivity index (χ0v) is 8.17. The molecule has 68 valence electrons. The van der Waals surface area contributed by atoms with Crippen LogP contribution in [-0.2, 0) is 9.31 Å². The van der Waals surface area contributed by atoms with Crippen LogP contribution in [0.5, 0.6) is 0 Å². The highest BCUT2D eigenvalue weighted by molar-refractivity contribution is 6.50. The molecule has 0 saturated carbocycles. The molecular formula is C9H17BO2. The first-order valence-electron chi connectivity index (χ1n) is 4.50. The third kappa shape index (κ3) is 3.93. The Morgan fingerprint density at radius 2 is 1.75 bits per heavy atom. The van der Waals surface area contributed by atoms with Crippen LogP contribution >= 0.6 is 0 Å². The number of rotatable bonds is 1. The molecule has 0 amide bonds. The molecule has 0 N–H and O–H groups in total. The van der Waals surface area contributed by atoms with Crippen molar-refractivity contribution in [1.29, 1.82) is 0 Å². The zero-order valence-electron chi connectivity index (χ0n) is 8.17. The molecule has 0 spiro atoms. The Hall–Kier alpha value is -0.275. The molecule has 0 bridgehead atoms. The molecule has 0 aromatic rings. The molecule has 12 heavy (non-hydrogen) atoms. The zero-order chi connectivity index (χ0) is 9.03. The summed E-state index contributed by atoms with van der Waals surface area (Å²) in [7, 11) is -0.113. The Bertz CT molecular complexity index is 154. The van der Waals surface area contributed by atoms with Crippen LogP contribution in [0.15, 0.2) is 12.1 Å². The van der Waals surface area contributed by atoms with E-state index < -0.39 is 0 Å². The normalized spacial score (nSPS) is 20.4. The van der Waals surface area contributed by atoms with Crippen molar-refractivity contribution in [3.8, 4) is 0 Å². The first-order chi connectivity index (χ1) is 5.58. The fourth-order valence-electron chi connectivity index (χ4n) is 0.984. The van der Waals surface area contributed by atoms with Gasteiger partial charge in [-0.1, -0.05) is 32.8 Å². The van der Waals surface area contributed by atoms with E-state index in [1.54, 1.807) is 0 Å². The van der Waals surface area contributed by atoms with E-state index in [4.69, 9.17) is 9.31 Å². The average molecular weight is 168 g/mol. The van der Waals surface area contributed by atoms with Gasteiger partial charge in [0.25, 0.3) is 0 Å². The second-order valence-corrected chi connectivity index (χ2v) is 4.19. The van der Waals surface area contributed by atoms with E-state index in [1.807, 2.05) is 5.98 Å². The highest BCUT2D eigenvalue weighted by atomic mass is 16.6. The summed E-state index contributed by atoms with van der Waals surface area (Å²) in [6.45, 7) is 8.11. The van der Waals surface area contributed by atoms with Crippen LogP contribution in [0, 0.1) is 5.41 Å². The van der Waals surface area contributed by atoms with E-state index in [0.717, 1.165) is 19.6 Å². The van der Waals surface area contributed by atoms with Gasteiger partial charge in [-0.15, -0.1) is 0 Å². The molecule has 1 rings (SSSR count). The molecule has 1 fully saturated rings. The van der Waals surface area contributed by atoms with Gasteiger partial charge in [-0.05, 0) is 11.8 Å². The molecule has 1 aliphatic rings. The Morgan fingerprint density at radius 3 is 2.25 bits per heavy atom. The van der Waals surface area contributed by atoms with Crippen molar-refractivity contribution in [1.82, 2.24) is 0 Å². The van der Waals surface area contributed by atoms with Gasteiger partial charge in [-0.25, -0.2) is 0 Å². The van der Waals surface area contributed by atoms with Gasteiger partial charge in [0.15, 0.2) is 0 Å². The van der Waals surface area contributed by atoms with E-state index in [9.17, 15) is 0 Å². The molecular weight excluding hydrogens is 151 g/mol. The Labute approximate surface area is 75.1 Å². The first-order valence-corrected chi connectivity index (χ1v) is 4.50. The molecule has 0 aromatic carbocycles. The average Bonchev–Trinajstić information content (AvgIpc) is 2.02. The lowest BCUT2D eigenvalue weighted by molar-refractivity contribution is 0.142. The van der Waals surface area contributed by atoms with E-state index in [1.165, 1.54) is 0 Å². The minimum absolute atomic E-state index is 0.113. The van der Waals surface area contributed by atoms with Crippen molar-refractivity contribution in [2.45, 2.75) is 27.2 Å². The van der Waals surface area contributed by atoms with E-state index in [-0.39, 0.29) is 12.5 Å². The fourth-order valence-corrected chi connectivity index (χ4v) is 0.984. The predicted octanol–water partition coefficient (Wildman–Crippen LogP) is 2.05. The summed E-state index contributed by atoms with van der Waals surface area (Å²) in [4.78, 5) is 0. The number of hydrogen-bond donors (Lipinski definition) is 0. The number of allylic oxidation sites excluding steroid dienone is 1. The molecule has 1 aliphatic heterocycles. The largest absolute Gasteiger partial charge is 0.485 e. The van der Waals surface area contributed by atoms with Crippen LogP contribution in [0.25, 0.3) is 0 Å². The summed E-state index contributed by atoms with van der Waals surface area (Å²) in [6.07, 6.45) is 3.14. The molecule has 1 saturated heterocycles. The molecule has 1 heterocycles. The molecule has 0 aliphatic carbocycles. The molecule has 0 radical (unpaired) electrons. The highest BCUT2D eigenvalue weighted by Gasteiger charge is 2.18. The maximum atomic E-state index is 5.36. The standard InChI is InChI=1S/C9H17BO2/c1-9(2,3)5-6-10-11-7-4-8-12-10/h5-6H,4,7-8H2,1-3H3/b6-5-. The van der Waals surface area contributed by atoms with Gasteiger partial charge in [-0.2, -0.15) is 0 Å². The van der Waals surface area contributed by atoms with Gasteiger partial charge in [0.05, 0.1) is 0 Å². The van der Waals surface area contributed by atoms with Crippen LogP contribution in [-0.4, -0.2) is 20.3 Å². The van der Waals surface area contributed by atoms with Crippen molar-refractivity contribution < 1.29 is 9.31 Å². The van der Waals surface area contributed by atoms with Crippen molar-refractivity contribution >= 4 is 7.12 Å². The van der Waals surface area contributed by atoms with Crippen LogP contribution in [0.4, 0.5) is 0 Å². The van der Waals surface area contributed by atoms with Gasteiger partial charge < -0.3 is 9.31 Å².